The molecule has 0 bridgehead atoms. The number of alkyl halides is 6. The van der Waals surface area contributed by atoms with Gasteiger partial charge in [0.1, 0.15) is 23.7 Å². The second-order valence-corrected chi connectivity index (χ2v) is 21.2. The average molecular weight is 1140 g/mol. The van der Waals surface area contributed by atoms with E-state index in [0.29, 0.717) is 57.4 Å². The summed E-state index contributed by atoms with van der Waals surface area (Å²) in [5.41, 5.74) is 0.856. The van der Waals surface area contributed by atoms with E-state index < -0.39 is 41.6 Å². The predicted molar refractivity (Wildman–Crippen MR) is 289 cm³/mol. The van der Waals surface area contributed by atoms with E-state index in [2.05, 4.69) is 16.0 Å². The van der Waals surface area contributed by atoms with Crippen LogP contribution in [0.1, 0.15) is 125 Å². The molecule has 4 heterocycles. The lowest BCUT2D eigenvalue weighted by Crippen LogP contribution is -2.42. The van der Waals surface area contributed by atoms with Crippen LogP contribution in [0.25, 0.3) is 10.2 Å². The number of unbranched alkanes of at least 4 members (excludes halogenated alkanes) is 5. The van der Waals surface area contributed by atoms with Crippen LogP contribution < -0.4 is 36.2 Å². The van der Waals surface area contributed by atoms with Gasteiger partial charge in [-0.1, -0.05) is 43.9 Å². The number of ether oxygens (including phenoxy) is 2. The van der Waals surface area contributed by atoms with Crippen molar-refractivity contribution in [3.63, 3.8) is 0 Å². The van der Waals surface area contributed by atoms with Crippen molar-refractivity contribution < 1.29 is 69.4 Å². The summed E-state index contributed by atoms with van der Waals surface area (Å²) in [5, 5.41) is 14.4. The van der Waals surface area contributed by atoms with Crippen LogP contribution in [0.15, 0.2) is 96.4 Å². The van der Waals surface area contributed by atoms with Crippen LogP contribution in [-0.2, 0) is 36.1 Å². The van der Waals surface area contributed by atoms with Gasteiger partial charge in [-0.3, -0.25) is 28.8 Å². The number of benzene rings is 4. The minimum absolute atomic E-state index is 0.00469. The van der Waals surface area contributed by atoms with Crippen LogP contribution in [0.4, 0.5) is 43.4 Å². The Labute approximate surface area is 464 Å². The Morgan fingerprint density at radius 3 is 1.91 bits per heavy atom. The van der Waals surface area contributed by atoms with Gasteiger partial charge in [0.05, 0.1) is 15.8 Å². The lowest BCUT2D eigenvalue weighted by molar-refractivity contribution is -0.167. The summed E-state index contributed by atoms with van der Waals surface area (Å²) in [6, 6.07) is 22.4. The smallest absolute Gasteiger partial charge is 0.456 e. The predicted octanol–water partition coefficient (Wildman–Crippen LogP) is 10.8. The Kier molecular flexibility index (Phi) is 16.9. The maximum Gasteiger partial charge on any atom is 0.471 e. The molecule has 9 rings (SSSR count). The number of nitrogens with zero attached hydrogens (tertiary/aromatic N) is 2. The highest BCUT2D eigenvalue weighted by Gasteiger charge is 2.54. The number of carbonyl (C=O) groups is 7. The molecule has 1 aliphatic carbocycles. The van der Waals surface area contributed by atoms with Crippen LogP contribution in [0.2, 0.25) is 0 Å². The molecule has 1 spiro atoms. The summed E-state index contributed by atoms with van der Waals surface area (Å²) in [6.07, 6.45) is -2.97. The lowest BCUT2D eigenvalue weighted by Gasteiger charge is -2.37. The number of fused-ring (bicyclic) bond motifs is 7. The molecule has 1 saturated carbocycles. The Balaban J connectivity index is 0.708. The van der Waals surface area contributed by atoms with Crippen molar-refractivity contribution in [2.45, 2.75) is 109 Å². The summed E-state index contributed by atoms with van der Waals surface area (Å²) < 4.78 is 93.4. The number of carbonyl (C=O) groups excluding carboxylic acids is 7. The minimum Gasteiger partial charge on any atom is -0.456 e. The number of likely N-dealkylation sites (N-methyl/N-ethyl adjacent to an activating group) is 1. The van der Waals surface area contributed by atoms with E-state index in [1.165, 1.54) is 41.7 Å². The summed E-state index contributed by atoms with van der Waals surface area (Å²) in [7, 11) is 0. The van der Waals surface area contributed by atoms with Gasteiger partial charge < -0.3 is 45.5 Å². The van der Waals surface area contributed by atoms with Gasteiger partial charge in [0.2, 0.25) is 11.8 Å². The Morgan fingerprint density at radius 1 is 0.704 bits per heavy atom. The van der Waals surface area contributed by atoms with Gasteiger partial charge in [-0.25, -0.2) is 4.79 Å². The topological polar surface area (TPSA) is 206 Å². The quantitative estimate of drug-likeness (QED) is 0.0297. The van der Waals surface area contributed by atoms with E-state index >= 15 is 0 Å². The van der Waals surface area contributed by atoms with E-state index in [-0.39, 0.29) is 86.9 Å². The van der Waals surface area contributed by atoms with Crippen LogP contribution in [-0.4, -0.2) is 84.0 Å². The SMILES string of the molecule is CCN(C(=O)Cn1c(C(=O)NC2CCC(C(=O)NCCCCCCCCNC(=O)c3ccc4c(c3)C(=O)OC43c4ccc(NC(=O)C(F)(F)F)cc4Oc4cc(NC(=O)C(F)(F)F)ccc43)CC2)cc2sccc21)c1cccc(C)c1. The molecular formula is C58H57F6N7O9S. The fraction of sp³-hybridized carbons (Fsp3) is 0.362. The monoisotopic (exact) mass is 1140 g/mol. The number of hydrogen-bond acceptors (Lipinski definition) is 10. The number of rotatable bonds is 19. The summed E-state index contributed by atoms with van der Waals surface area (Å²) in [4.78, 5) is 92.8. The fourth-order valence-electron chi connectivity index (χ4n) is 10.7. The van der Waals surface area contributed by atoms with Gasteiger partial charge >= 0.3 is 30.1 Å². The largest absolute Gasteiger partial charge is 0.471 e. The third kappa shape index (κ3) is 12.6. The van der Waals surface area contributed by atoms with Crippen molar-refractivity contribution in [1.29, 1.82) is 0 Å². The number of nitrogens with one attached hydrogen (secondary N) is 5. The van der Waals surface area contributed by atoms with Crippen LogP contribution >= 0.6 is 11.3 Å². The first-order valence-electron chi connectivity index (χ1n) is 26.6. The van der Waals surface area contributed by atoms with Gasteiger partial charge in [0.15, 0.2) is 5.60 Å². The molecule has 0 unspecified atom stereocenters. The number of thiophene rings is 1. The molecule has 6 aromatic rings. The molecule has 81 heavy (non-hydrogen) atoms. The number of hydrogen-bond donors (Lipinski definition) is 5. The Hall–Kier alpha value is -8.21. The average Bonchev–Trinajstić information content (AvgIpc) is 4.30. The molecule has 3 aliphatic rings. The molecular weight excluding hydrogens is 1080 g/mol. The number of aromatic nitrogens is 1. The molecule has 0 radical (unpaired) electrons. The first kappa shape index (κ1) is 57.5. The van der Waals surface area contributed by atoms with Crippen molar-refractivity contribution in [3.05, 3.63) is 135 Å². The van der Waals surface area contributed by atoms with Gasteiger partial charge in [-0.15, -0.1) is 11.3 Å². The first-order chi connectivity index (χ1) is 38.6. The maximum absolute atomic E-state index is 13.7. The van der Waals surface area contributed by atoms with Crippen LogP contribution in [0.5, 0.6) is 11.5 Å². The standard InChI is InChI=1S/C58H57F6N7O9S/c1-3-70(39-12-10-11-33(2)27-39)49(72)32-71-44-23-26-81-48(44)31-45(71)52(75)67-36-16-13-34(14-17-36)50(73)65-24-8-6-4-5-7-9-25-66-51(74)35-15-20-41-40(28-35)53(76)80-56(41)42-21-18-37(68-54(77)57(59,60)61)29-46(42)79-47-30-38(19-22-43(47)56)69-55(78)58(62,63)64/h10-12,15,18-23,26-31,34,36H,3-9,13-14,16-17,24-25,32H2,1-2H3,(H,65,73)(H,66,74)(H,67,75)(H,68,77)(H,69,78). The second kappa shape index (κ2) is 23.9. The molecule has 2 aliphatic heterocycles. The highest BCUT2D eigenvalue weighted by atomic mass is 32.1. The van der Waals surface area contributed by atoms with Gasteiger partial charge in [-0.05, 0) is 124 Å². The third-order valence-corrected chi connectivity index (χ3v) is 15.6. The Morgan fingerprint density at radius 2 is 1.31 bits per heavy atom. The van der Waals surface area contributed by atoms with Crippen molar-refractivity contribution in [3.8, 4) is 11.5 Å². The summed E-state index contributed by atoms with van der Waals surface area (Å²) in [5.74, 6) is -6.96. The van der Waals surface area contributed by atoms with Crippen molar-refractivity contribution in [1.82, 2.24) is 20.5 Å². The Bertz CT molecular complexity index is 3340. The summed E-state index contributed by atoms with van der Waals surface area (Å²) in [6.45, 7) is 5.26. The van der Waals surface area contributed by atoms with Gasteiger partial charge in [0.25, 0.3) is 11.8 Å². The van der Waals surface area contributed by atoms with E-state index in [1.54, 1.807) is 20.1 Å². The molecule has 2 aromatic heterocycles. The number of esters is 1. The lowest BCUT2D eigenvalue weighted by atomic mass is 9.77. The fourth-order valence-corrected chi connectivity index (χ4v) is 11.5. The van der Waals surface area contributed by atoms with Crippen LogP contribution in [0.3, 0.4) is 0 Å². The zero-order valence-corrected chi connectivity index (χ0v) is 44.9. The third-order valence-electron chi connectivity index (χ3n) is 14.7. The van der Waals surface area contributed by atoms with Crippen molar-refractivity contribution in [2.24, 2.45) is 5.92 Å². The minimum atomic E-state index is -5.25. The first-order valence-corrected chi connectivity index (χ1v) is 27.4. The number of aryl methyl sites for hydroxylation is 1. The number of halogens is 6. The highest BCUT2D eigenvalue weighted by molar-refractivity contribution is 7.17. The maximum atomic E-state index is 13.7. The number of anilines is 3. The molecule has 16 nitrogen and oxygen atoms in total. The molecule has 6 amide bonds. The molecule has 1 fully saturated rings. The second-order valence-electron chi connectivity index (χ2n) is 20.2. The van der Waals surface area contributed by atoms with Crippen LogP contribution in [0, 0.1) is 12.8 Å². The van der Waals surface area contributed by atoms with Gasteiger partial charge in [0, 0.05) is 83.0 Å². The summed E-state index contributed by atoms with van der Waals surface area (Å²) >= 11 is 1.51. The molecule has 23 heteroatoms. The molecule has 0 atom stereocenters. The number of amides is 6. The molecule has 0 saturated heterocycles. The van der Waals surface area contributed by atoms with E-state index in [9.17, 15) is 59.9 Å². The van der Waals surface area contributed by atoms with E-state index in [4.69, 9.17) is 9.47 Å². The normalized spacial score (nSPS) is 16.1. The van der Waals surface area contributed by atoms with E-state index in [0.717, 1.165) is 77.8 Å². The molecule has 426 valence electrons. The molecule has 5 N–H and O–H groups in total. The molecule has 4 aromatic carbocycles. The zero-order chi connectivity index (χ0) is 57.8. The van der Waals surface area contributed by atoms with E-state index in [1.807, 2.05) is 55.6 Å². The zero-order valence-electron chi connectivity index (χ0n) is 44.0. The van der Waals surface area contributed by atoms with Crippen molar-refractivity contribution in [2.75, 3.05) is 35.2 Å². The van der Waals surface area contributed by atoms with Gasteiger partial charge in [-0.2, -0.15) is 26.3 Å². The van der Waals surface area contributed by atoms with Crippen molar-refractivity contribution >= 4 is 80.0 Å². The highest BCUT2D eigenvalue weighted by Crippen LogP contribution is 2.57.